The van der Waals surface area contributed by atoms with E-state index >= 15 is 0 Å². The van der Waals surface area contributed by atoms with E-state index in [-0.39, 0.29) is 31.1 Å². The molecule has 25 heavy (non-hydrogen) atoms. The molecule has 1 aliphatic carbocycles. The van der Waals surface area contributed by atoms with Crippen molar-refractivity contribution in [2.45, 2.75) is 38.8 Å². The molecular formula is C18H21FN2O4. The van der Waals surface area contributed by atoms with Crippen LogP contribution in [0.25, 0.3) is 6.08 Å². The van der Waals surface area contributed by atoms with Crippen LogP contribution in [0.2, 0.25) is 0 Å². The highest BCUT2D eigenvalue weighted by Crippen LogP contribution is 2.43. The van der Waals surface area contributed by atoms with Crippen LogP contribution < -0.4 is 0 Å². The summed E-state index contributed by atoms with van der Waals surface area (Å²) in [5.41, 5.74) is 1.76. The van der Waals surface area contributed by atoms with Crippen LogP contribution in [0.4, 0.5) is 14.0 Å². The van der Waals surface area contributed by atoms with Crippen LogP contribution in [0.15, 0.2) is 29.8 Å². The zero-order valence-electron chi connectivity index (χ0n) is 14.3. The smallest absolute Gasteiger partial charge is 0.429 e. The lowest BCUT2D eigenvalue weighted by molar-refractivity contribution is -0.0378. The summed E-state index contributed by atoms with van der Waals surface area (Å²) in [6.45, 7) is 3.88. The average molecular weight is 348 g/mol. The molecular weight excluding hydrogens is 327 g/mol. The van der Waals surface area contributed by atoms with E-state index in [9.17, 15) is 14.0 Å². The van der Waals surface area contributed by atoms with E-state index in [2.05, 4.69) is 0 Å². The maximum Gasteiger partial charge on any atom is 0.429 e. The van der Waals surface area contributed by atoms with Gasteiger partial charge in [0.1, 0.15) is 5.82 Å². The van der Waals surface area contributed by atoms with Gasteiger partial charge in [-0.2, -0.15) is 0 Å². The van der Waals surface area contributed by atoms with Crippen molar-refractivity contribution in [3.63, 3.8) is 0 Å². The van der Waals surface area contributed by atoms with Crippen LogP contribution in [0.3, 0.4) is 0 Å². The highest BCUT2D eigenvalue weighted by molar-refractivity contribution is 5.79. The lowest BCUT2D eigenvalue weighted by Gasteiger charge is -2.35. The minimum Gasteiger partial charge on any atom is -0.448 e. The topological polar surface area (TPSA) is 59.1 Å². The van der Waals surface area contributed by atoms with Gasteiger partial charge in [0.05, 0.1) is 25.3 Å². The van der Waals surface area contributed by atoms with E-state index in [0.717, 1.165) is 24.0 Å². The average Bonchev–Trinajstić information content (AvgIpc) is 3.12. The Morgan fingerprint density at radius 3 is 1.96 bits per heavy atom. The molecule has 3 rings (SSSR count). The molecule has 1 aliphatic heterocycles. The molecule has 2 fully saturated rings. The molecule has 0 aromatic heterocycles. The van der Waals surface area contributed by atoms with Crippen LogP contribution in [0.1, 0.15) is 32.3 Å². The van der Waals surface area contributed by atoms with Gasteiger partial charge in [0.15, 0.2) is 0 Å². The lowest BCUT2D eigenvalue weighted by Crippen LogP contribution is -2.53. The fraction of sp³-hybridized carbons (Fsp3) is 0.444. The molecule has 0 radical (unpaired) electrons. The normalized spacial score (nSPS) is 21.5. The number of amides is 2. The van der Waals surface area contributed by atoms with Gasteiger partial charge in [-0.1, -0.05) is 18.2 Å². The molecule has 2 bridgehead atoms. The van der Waals surface area contributed by atoms with E-state index in [0.29, 0.717) is 0 Å². The number of fused-ring (bicyclic) bond motifs is 2. The van der Waals surface area contributed by atoms with Crippen molar-refractivity contribution in [1.29, 1.82) is 0 Å². The van der Waals surface area contributed by atoms with E-state index in [4.69, 9.17) is 9.47 Å². The first-order chi connectivity index (χ1) is 12.1. The first-order valence-electron chi connectivity index (χ1n) is 8.45. The van der Waals surface area contributed by atoms with Crippen molar-refractivity contribution in [3.8, 4) is 0 Å². The summed E-state index contributed by atoms with van der Waals surface area (Å²) in [4.78, 5) is 24.7. The van der Waals surface area contributed by atoms with Gasteiger partial charge in [0, 0.05) is 0 Å². The van der Waals surface area contributed by atoms with Gasteiger partial charge in [0.2, 0.25) is 0 Å². The van der Waals surface area contributed by atoms with Crippen LogP contribution >= 0.6 is 0 Å². The molecule has 134 valence electrons. The summed E-state index contributed by atoms with van der Waals surface area (Å²) < 4.78 is 23.3. The Bertz CT molecular complexity index is 655. The highest BCUT2D eigenvalue weighted by Gasteiger charge is 2.54. The van der Waals surface area contributed by atoms with Gasteiger partial charge in [-0.05, 0) is 50.0 Å². The van der Waals surface area contributed by atoms with Gasteiger partial charge in [-0.15, -0.1) is 0 Å². The molecule has 2 aliphatic rings. The third kappa shape index (κ3) is 3.18. The lowest BCUT2D eigenvalue weighted by atomic mass is 10.1. The minimum absolute atomic E-state index is 0.223. The number of rotatable bonds is 3. The van der Waals surface area contributed by atoms with E-state index in [1.165, 1.54) is 22.2 Å². The SMILES string of the molecule is CCOC(=O)N1C2CCC(C2=Cc2ccc(F)cc2)N1C(=O)OCC. The first kappa shape index (κ1) is 17.3. The second-order valence-corrected chi connectivity index (χ2v) is 5.89. The van der Waals surface area contributed by atoms with Crippen molar-refractivity contribution in [1.82, 2.24) is 10.0 Å². The Labute approximate surface area is 145 Å². The van der Waals surface area contributed by atoms with Gasteiger partial charge in [-0.25, -0.2) is 24.0 Å². The first-order valence-corrected chi connectivity index (χ1v) is 8.45. The number of carbonyl (C=O) groups excluding carboxylic acids is 2. The van der Waals surface area contributed by atoms with Crippen molar-refractivity contribution >= 4 is 18.3 Å². The van der Waals surface area contributed by atoms with Crippen molar-refractivity contribution in [2.75, 3.05) is 13.2 Å². The number of halogens is 1. The van der Waals surface area contributed by atoms with Gasteiger partial charge in [-0.3, -0.25) is 0 Å². The van der Waals surface area contributed by atoms with Gasteiger partial charge >= 0.3 is 12.2 Å². The zero-order chi connectivity index (χ0) is 18.0. The summed E-state index contributed by atoms with van der Waals surface area (Å²) in [6, 6.07) is 5.61. The number of ether oxygens (including phenoxy) is 2. The highest BCUT2D eigenvalue weighted by atomic mass is 19.1. The number of carbonyl (C=O) groups is 2. The largest absolute Gasteiger partial charge is 0.448 e. The Balaban J connectivity index is 1.94. The van der Waals surface area contributed by atoms with Gasteiger partial charge in [0.25, 0.3) is 0 Å². The molecule has 2 amide bonds. The molecule has 1 saturated heterocycles. The van der Waals surface area contributed by atoms with Crippen LogP contribution in [0.5, 0.6) is 0 Å². The van der Waals surface area contributed by atoms with Crippen LogP contribution in [0, 0.1) is 5.82 Å². The van der Waals surface area contributed by atoms with E-state index in [1.54, 1.807) is 26.0 Å². The van der Waals surface area contributed by atoms with Crippen molar-refractivity contribution < 1.29 is 23.5 Å². The fourth-order valence-electron chi connectivity index (χ4n) is 3.45. The molecule has 0 spiro atoms. The number of benzene rings is 1. The molecule has 1 aromatic rings. The second kappa shape index (κ2) is 7.13. The van der Waals surface area contributed by atoms with E-state index < -0.39 is 12.2 Å². The van der Waals surface area contributed by atoms with Crippen molar-refractivity contribution in [3.05, 3.63) is 41.2 Å². The third-order valence-corrected chi connectivity index (χ3v) is 4.42. The Morgan fingerprint density at radius 1 is 1.04 bits per heavy atom. The number of hydrazine groups is 1. The summed E-state index contributed by atoms with van der Waals surface area (Å²) in [5, 5.41) is 2.70. The van der Waals surface area contributed by atoms with Crippen molar-refractivity contribution in [2.24, 2.45) is 0 Å². The zero-order valence-corrected chi connectivity index (χ0v) is 14.3. The molecule has 1 aromatic carbocycles. The predicted molar refractivity (Wildman–Crippen MR) is 88.9 cm³/mol. The molecule has 7 heteroatoms. The number of nitrogens with zero attached hydrogens (tertiary/aromatic N) is 2. The molecule has 6 nitrogen and oxygen atoms in total. The minimum atomic E-state index is -0.562. The summed E-state index contributed by atoms with van der Waals surface area (Å²) >= 11 is 0. The number of hydrogen-bond donors (Lipinski definition) is 0. The van der Waals surface area contributed by atoms with Crippen LogP contribution in [-0.4, -0.2) is 47.5 Å². The molecule has 2 atom stereocenters. The molecule has 1 saturated carbocycles. The Morgan fingerprint density at radius 2 is 1.52 bits per heavy atom. The maximum absolute atomic E-state index is 13.1. The standard InChI is InChI=1S/C18H21FN2O4/c1-3-24-17(22)20-15-9-10-16(21(20)18(23)25-4-2)14(15)11-12-5-7-13(19)8-6-12/h5-8,11,15-16H,3-4,9-10H2,1-2H3. The molecule has 1 heterocycles. The second-order valence-electron chi connectivity index (χ2n) is 5.89. The fourth-order valence-corrected chi connectivity index (χ4v) is 3.45. The van der Waals surface area contributed by atoms with E-state index in [1.807, 2.05) is 6.08 Å². The number of hydrogen-bond acceptors (Lipinski definition) is 4. The Kier molecular flexibility index (Phi) is 4.92. The maximum atomic E-state index is 13.1. The van der Waals surface area contributed by atoms with Gasteiger partial charge < -0.3 is 9.47 Å². The molecule has 2 unspecified atom stereocenters. The summed E-state index contributed by atoms with van der Waals surface area (Å²) in [7, 11) is 0. The molecule has 0 N–H and O–H groups in total. The monoisotopic (exact) mass is 348 g/mol. The van der Waals surface area contributed by atoms with Crippen LogP contribution in [-0.2, 0) is 9.47 Å². The summed E-state index contributed by atoms with van der Waals surface area (Å²) in [6.07, 6.45) is 2.27. The predicted octanol–water partition coefficient (Wildman–Crippen LogP) is 3.59. The Hall–Kier alpha value is -2.57. The quantitative estimate of drug-likeness (QED) is 0.838. The summed E-state index contributed by atoms with van der Waals surface area (Å²) in [5.74, 6) is -0.308. The third-order valence-electron chi connectivity index (χ3n) is 4.42.